The van der Waals surface area contributed by atoms with E-state index in [4.69, 9.17) is 4.74 Å². The van der Waals surface area contributed by atoms with Crippen molar-refractivity contribution in [3.05, 3.63) is 29.6 Å². The van der Waals surface area contributed by atoms with Crippen LogP contribution < -0.4 is 4.74 Å². The maximum Gasteiger partial charge on any atom is 0.219 e. The smallest absolute Gasteiger partial charge is 0.219 e. The van der Waals surface area contributed by atoms with Crippen molar-refractivity contribution in [2.45, 2.75) is 20.4 Å². The van der Waals surface area contributed by atoms with Crippen LogP contribution in [-0.4, -0.2) is 24.5 Å². The second-order valence-electron chi connectivity index (χ2n) is 3.50. The van der Waals surface area contributed by atoms with Crippen LogP contribution in [0.3, 0.4) is 0 Å². The third kappa shape index (κ3) is 2.95. The van der Waals surface area contributed by atoms with Crippen LogP contribution in [0.2, 0.25) is 0 Å². The van der Waals surface area contributed by atoms with Gasteiger partial charge in [0.15, 0.2) is 11.6 Å². The number of nitrogens with zero attached hydrogens (tertiary/aromatic N) is 1. The quantitative estimate of drug-likeness (QED) is 0.786. The minimum atomic E-state index is -0.403. The fraction of sp³-hybridized carbons (Fsp3) is 0.417. The lowest BCUT2D eigenvalue weighted by molar-refractivity contribution is -0.129. The van der Waals surface area contributed by atoms with Crippen molar-refractivity contribution in [1.29, 1.82) is 0 Å². The third-order valence-corrected chi connectivity index (χ3v) is 2.42. The lowest BCUT2D eigenvalue weighted by atomic mass is 10.2. The van der Waals surface area contributed by atoms with Gasteiger partial charge >= 0.3 is 0 Å². The summed E-state index contributed by atoms with van der Waals surface area (Å²) in [6, 6.07) is 4.72. The highest BCUT2D eigenvalue weighted by Gasteiger charge is 2.09. The van der Waals surface area contributed by atoms with Crippen molar-refractivity contribution in [3.8, 4) is 5.75 Å². The molecule has 0 heterocycles. The highest BCUT2D eigenvalue weighted by molar-refractivity contribution is 5.73. The molecule has 0 aliphatic carbocycles. The summed E-state index contributed by atoms with van der Waals surface area (Å²) in [4.78, 5) is 12.8. The largest absolute Gasteiger partial charge is 0.494 e. The normalized spacial score (nSPS) is 10.0. The Morgan fingerprint density at radius 3 is 2.62 bits per heavy atom. The summed E-state index contributed by atoms with van der Waals surface area (Å²) < 4.78 is 18.2. The number of carbonyl (C=O) groups excluding carboxylic acids is 1. The van der Waals surface area contributed by atoms with E-state index in [1.807, 2.05) is 6.92 Å². The summed E-state index contributed by atoms with van der Waals surface area (Å²) in [7, 11) is 1.42. The van der Waals surface area contributed by atoms with Crippen molar-refractivity contribution in [1.82, 2.24) is 4.90 Å². The molecule has 0 spiro atoms. The zero-order valence-corrected chi connectivity index (χ0v) is 9.79. The molecule has 0 unspecified atom stereocenters. The number of halogens is 1. The molecular weight excluding hydrogens is 209 g/mol. The van der Waals surface area contributed by atoms with E-state index in [1.165, 1.54) is 20.1 Å². The summed E-state index contributed by atoms with van der Waals surface area (Å²) in [5.74, 6) is -0.201. The molecule has 1 aromatic carbocycles. The molecule has 0 aromatic heterocycles. The zero-order valence-electron chi connectivity index (χ0n) is 9.79. The van der Waals surface area contributed by atoms with E-state index < -0.39 is 5.82 Å². The minimum Gasteiger partial charge on any atom is -0.494 e. The number of amides is 1. The monoisotopic (exact) mass is 225 g/mol. The maximum absolute atomic E-state index is 13.4. The molecule has 0 fully saturated rings. The predicted molar refractivity (Wildman–Crippen MR) is 59.7 cm³/mol. The summed E-state index contributed by atoms with van der Waals surface area (Å²) in [6.07, 6.45) is 0. The first kappa shape index (κ1) is 12.5. The number of ether oxygens (including phenoxy) is 1. The van der Waals surface area contributed by atoms with E-state index in [0.717, 1.165) is 5.56 Å². The number of carbonyl (C=O) groups is 1. The van der Waals surface area contributed by atoms with E-state index in [1.54, 1.807) is 17.0 Å². The molecule has 0 aliphatic rings. The topological polar surface area (TPSA) is 29.5 Å². The average Bonchev–Trinajstić information content (AvgIpc) is 2.25. The molecule has 1 aromatic rings. The Kier molecular flexibility index (Phi) is 4.28. The van der Waals surface area contributed by atoms with E-state index in [0.29, 0.717) is 13.1 Å². The maximum atomic E-state index is 13.4. The molecule has 1 rings (SSSR count). The van der Waals surface area contributed by atoms with Gasteiger partial charge in [-0.25, -0.2) is 4.39 Å². The van der Waals surface area contributed by atoms with Gasteiger partial charge in [0.25, 0.3) is 0 Å². The Balaban J connectivity index is 2.81. The van der Waals surface area contributed by atoms with Gasteiger partial charge < -0.3 is 9.64 Å². The van der Waals surface area contributed by atoms with Gasteiger partial charge in [-0.1, -0.05) is 6.07 Å². The van der Waals surface area contributed by atoms with E-state index in [2.05, 4.69) is 0 Å². The van der Waals surface area contributed by atoms with Crippen LogP contribution in [0.25, 0.3) is 0 Å². The van der Waals surface area contributed by atoms with Gasteiger partial charge in [-0.05, 0) is 24.6 Å². The molecule has 0 radical (unpaired) electrons. The SMILES string of the molecule is CCN(Cc1ccc(OC)c(F)c1)C(C)=O. The van der Waals surface area contributed by atoms with Gasteiger partial charge in [-0.15, -0.1) is 0 Å². The molecule has 1 amide bonds. The van der Waals surface area contributed by atoms with Crippen LogP contribution >= 0.6 is 0 Å². The Labute approximate surface area is 94.8 Å². The molecule has 4 heteroatoms. The molecule has 0 saturated carbocycles. The predicted octanol–water partition coefficient (Wildman–Crippen LogP) is 2.20. The van der Waals surface area contributed by atoms with Crippen LogP contribution in [0, 0.1) is 5.82 Å². The number of methoxy groups -OCH3 is 1. The van der Waals surface area contributed by atoms with Crippen LogP contribution in [0.1, 0.15) is 19.4 Å². The van der Waals surface area contributed by atoms with Gasteiger partial charge in [0.1, 0.15) is 0 Å². The number of hydrogen-bond donors (Lipinski definition) is 0. The molecule has 3 nitrogen and oxygen atoms in total. The highest BCUT2D eigenvalue weighted by atomic mass is 19.1. The van der Waals surface area contributed by atoms with Crippen LogP contribution in [-0.2, 0) is 11.3 Å². The van der Waals surface area contributed by atoms with Gasteiger partial charge in [-0.2, -0.15) is 0 Å². The Hall–Kier alpha value is -1.58. The van der Waals surface area contributed by atoms with Gasteiger partial charge in [0, 0.05) is 20.0 Å². The van der Waals surface area contributed by atoms with Crippen molar-refractivity contribution in [3.63, 3.8) is 0 Å². The molecule has 0 bridgehead atoms. The molecular formula is C12H16FNO2. The van der Waals surface area contributed by atoms with E-state index >= 15 is 0 Å². The van der Waals surface area contributed by atoms with Gasteiger partial charge in [0.2, 0.25) is 5.91 Å². The number of hydrogen-bond acceptors (Lipinski definition) is 2. The molecule has 0 N–H and O–H groups in total. The first-order chi connectivity index (χ1) is 7.58. The summed E-state index contributed by atoms with van der Waals surface area (Å²) in [6.45, 7) is 4.43. The lowest BCUT2D eigenvalue weighted by Crippen LogP contribution is -2.27. The fourth-order valence-electron chi connectivity index (χ4n) is 1.47. The average molecular weight is 225 g/mol. The summed E-state index contributed by atoms with van der Waals surface area (Å²) >= 11 is 0. The zero-order chi connectivity index (χ0) is 12.1. The lowest BCUT2D eigenvalue weighted by Gasteiger charge is -2.19. The second-order valence-corrected chi connectivity index (χ2v) is 3.50. The van der Waals surface area contributed by atoms with E-state index in [-0.39, 0.29) is 11.7 Å². The standard InChI is InChI=1S/C12H16FNO2/c1-4-14(9(2)15)8-10-5-6-12(16-3)11(13)7-10/h5-7H,4,8H2,1-3H3. The Morgan fingerprint density at radius 2 is 2.19 bits per heavy atom. The number of benzene rings is 1. The van der Waals surface area contributed by atoms with Crippen molar-refractivity contribution >= 4 is 5.91 Å². The van der Waals surface area contributed by atoms with Crippen LogP contribution in [0.15, 0.2) is 18.2 Å². The first-order valence-corrected chi connectivity index (χ1v) is 5.16. The summed E-state index contributed by atoms with van der Waals surface area (Å²) in [5, 5.41) is 0. The second kappa shape index (κ2) is 5.49. The van der Waals surface area contributed by atoms with Crippen molar-refractivity contribution in [2.24, 2.45) is 0 Å². The third-order valence-electron chi connectivity index (χ3n) is 2.42. The van der Waals surface area contributed by atoms with Crippen LogP contribution in [0.4, 0.5) is 4.39 Å². The van der Waals surface area contributed by atoms with Gasteiger partial charge in [-0.3, -0.25) is 4.79 Å². The molecule has 0 atom stereocenters. The molecule has 16 heavy (non-hydrogen) atoms. The van der Waals surface area contributed by atoms with Crippen LogP contribution in [0.5, 0.6) is 5.75 Å². The first-order valence-electron chi connectivity index (χ1n) is 5.16. The molecule has 88 valence electrons. The van der Waals surface area contributed by atoms with Crippen molar-refractivity contribution in [2.75, 3.05) is 13.7 Å². The summed E-state index contributed by atoms with van der Waals surface area (Å²) in [5.41, 5.74) is 0.760. The molecule has 0 aliphatic heterocycles. The highest BCUT2D eigenvalue weighted by Crippen LogP contribution is 2.18. The van der Waals surface area contributed by atoms with Crippen molar-refractivity contribution < 1.29 is 13.9 Å². The fourth-order valence-corrected chi connectivity index (χ4v) is 1.47. The number of rotatable bonds is 4. The minimum absolute atomic E-state index is 0.0151. The molecule has 0 saturated heterocycles. The van der Waals surface area contributed by atoms with Gasteiger partial charge in [0.05, 0.1) is 7.11 Å². The Bertz CT molecular complexity index is 379. The van der Waals surface area contributed by atoms with E-state index in [9.17, 15) is 9.18 Å². The Morgan fingerprint density at radius 1 is 1.50 bits per heavy atom.